The second-order valence-electron chi connectivity index (χ2n) is 5.58. The minimum Gasteiger partial charge on any atom is -0.350 e. The van der Waals surface area contributed by atoms with E-state index in [4.69, 9.17) is 11.6 Å². The first-order chi connectivity index (χ1) is 9.65. The van der Waals surface area contributed by atoms with Gasteiger partial charge in [-0.1, -0.05) is 23.7 Å². The number of piperidine rings is 1. The lowest BCUT2D eigenvalue weighted by molar-refractivity contribution is -0.122. The number of halogens is 1. The predicted octanol–water partition coefficient (Wildman–Crippen LogP) is 3.30. The highest BCUT2D eigenvalue weighted by molar-refractivity contribution is 6.30. The Bertz CT molecular complexity index is 444. The molecular formula is C16H23ClN2O. The maximum absolute atomic E-state index is 12.0. The molecule has 1 atom stereocenters. The van der Waals surface area contributed by atoms with Crippen LogP contribution in [0.1, 0.15) is 44.2 Å². The molecule has 0 unspecified atom stereocenters. The van der Waals surface area contributed by atoms with E-state index in [1.54, 1.807) is 0 Å². The van der Waals surface area contributed by atoms with Gasteiger partial charge in [0.25, 0.3) is 0 Å². The largest absolute Gasteiger partial charge is 0.350 e. The molecule has 1 saturated heterocycles. The molecular weight excluding hydrogens is 272 g/mol. The van der Waals surface area contributed by atoms with Crippen LogP contribution < -0.4 is 10.6 Å². The average molecular weight is 295 g/mol. The molecule has 2 rings (SSSR count). The Morgan fingerprint density at radius 3 is 2.90 bits per heavy atom. The molecule has 1 aliphatic rings. The molecule has 110 valence electrons. The first-order valence-electron chi connectivity index (χ1n) is 7.40. The molecule has 0 radical (unpaired) electrons. The standard InChI is InChI=1S/C16H23ClN2O/c1-12(14-3-2-4-15(17)11-14)19-16(20)6-5-13-7-9-18-10-8-13/h2-4,11-13,18H,5-10H2,1H3,(H,19,20)/t12-/m1/s1. The fourth-order valence-corrected chi connectivity index (χ4v) is 2.88. The summed E-state index contributed by atoms with van der Waals surface area (Å²) in [6, 6.07) is 7.66. The maximum atomic E-state index is 12.0. The molecule has 3 nitrogen and oxygen atoms in total. The highest BCUT2D eigenvalue weighted by Crippen LogP contribution is 2.19. The van der Waals surface area contributed by atoms with E-state index in [0.29, 0.717) is 17.4 Å². The number of carbonyl (C=O) groups excluding carboxylic acids is 1. The third-order valence-corrected chi connectivity index (χ3v) is 4.20. The van der Waals surface area contributed by atoms with Crippen molar-refractivity contribution in [2.75, 3.05) is 13.1 Å². The van der Waals surface area contributed by atoms with Gasteiger partial charge in [-0.3, -0.25) is 4.79 Å². The van der Waals surface area contributed by atoms with Crippen molar-refractivity contribution >= 4 is 17.5 Å². The van der Waals surface area contributed by atoms with Gasteiger partial charge in [-0.05, 0) is 62.9 Å². The van der Waals surface area contributed by atoms with Crippen LogP contribution in [-0.4, -0.2) is 19.0 Å². The fourth-order valence-electron chi connectivity index (χ4n) is 2.68. The molecule has 0 spiro atoms. The molecule has 1 aliphatic heterocycles. The Morgan fingerprint density at radius 1 is 1.45 bits per heavy atom. The van der Waals surface area contributed by atoms with E-state index in [9.17, 15) is 4.79 Å². The number of carbonyl (C=O) groups is 1. The van der Waals surface area contributed by atoms with Gasteiger partial charge < -0.3 is 10.6 Å². The van der Waals surface area contributed by atoms with Crippen molar-refractivity contribution in [2.24, 2.45) is 5.92 Å². The highest BCUT2D eigenvalue weighted by atomic mass is 35.5. The Labute approximate surface area is 126 Å². The minimum absolute atomic E-state index is 0.00854. The van der Waals surface area contributed by atoms with Gasteiger partial charge in [-0.25, -0.2) is 0 Å². The molecule has 1 fully saturated rings. The van der Waals surface area contributed by atoms with E-state index in [0.717, 1.165) is 25.1 Å². The van der Waals surface area contributed by atoms with Crippen molar-refractivity contribution in [2.45, 2.75) is 38.6 Å². The number of hydrogen-bond donors (Lipinski definition) is 2. The monoisotopic (exact) mass is 294 g/mol. The summed E-state index contributed by atoms with van der Waals surface area (Å²) in [5.74, 6) is 0.833. The van der Waals surface area contributed by atoms with E-state index in [1.807, 2.05) is 31.2 Å². The quantitative estimate of drug-likeness (QED) is 0.875. The molecule has 4 heteroatoms. The van der Waals surface area contributed by atoms with E-state index in [1.165, 1.54) is 12.8 Å². The van der Waals surface area contributed by atoms with Crippen LogP contribution in [-0.2, 0) is 4.79 Å². The second kappa shape index (κ2) is 7.65. The molecule has 20 heavy (non-hydrogen) atoms. The summed E-state index contributed by atoms with van der Waals surface area (Å²) >= 11 is 5.97. The minimum atomic E-state index is 0.00854. The van der Waals surface area contributed by atoms with E-state index in [-0.39, 0.29) is 11.9 Å². The van der Waals surface area contributed by atoms with Gasteiger partial charge in [0.15, 0.2) is 0 Å². The zero-order chi connectivity index (χ0) is 14.4. The molecule has 2 N–H and O–H groups in total. The molecule has 0 aliphatic carbocycles. The Morgan fingerprint density at radius 2 is 2.20 bits per heavy atom. The van der Waals surface area contributed by atoms with Gasteiger partial charge in [0.05, 0.1) is 6.04 Å². The third kappa shape index (κ3) is 4.80. The van der Waals surface area contributed by atoms with Crippen molar-refractivity contribution in [3.8, 4) is 0 Å². The molecule has 1 amide bonds. The van der Waals surface area contributed by atoms with Crippen LogP contribution >= 0.6 is 11.6 Å². The number of nitrogens with one attached hydrogen (secondary N) is 2. The third-order valence-electron chi connectivity index (χ3n) is 3.96. The van der Waals surface area contributed by atoms with Crippen LogP contribution in [0.5, 0.6) is 0 Å². The van der Waals surface area contributed by atoms with Crippen LogP contribution in [0.4, 0.5) is 0 Å². The van der Waals surface area contributed by atoms with Gasteiger partial charge in [-0.2, -0.15) is 0 Å². The summed E-state index contributed by atoms with van der Waals surface area (Å²) in [5.41, 5.74) is 1.05. The smallest absolute Gasteiger partial charge is 0.220 e. The summed E-state index contributed by atoms with van der Waals surface area (Å²) < 4.78 is 0. The Kier molecular flexibility index (Phi) is 5.86. The number of hydrogen-bond acceptors (Lipinski definition) is 2. The Balaban J connectivity index is 1.76. The molecule has 1 heterocycles. The van der Waals surface area contributed by atoms with Crippen molar-refractivity contribution < 1.29 is 4.79 Å². The van der Waals surface area contributed by atoms with Gasteiger partial charge in [-0.15, -0.1) is 0 Å². The number of benzene rings is 1. The van der Waals surface area contributed by atoms with Gasteiger partial charge in [0, 0.05) is 11.4 Å². The molecule has 0 bridgehead atoms. The van der Waals surface area contributed by atoms with E-state index in [2.05, 4.69) is 10.6 Å². The molecule has 1 aromatic rings. The van der Waals surface area contributed by atoms with Crippen molar-refractivity contribution in [1.29, 1.82) is 0 Å². The molecule has 0 aromatic heterocycles. The molecule has 1 aromatic carbocycles. The summed E-state index contributed by atoms with van der Waals surface area (Å²) in [6.07, 6.45) is 4.00. The summed E-state index contributed by atoms with van der Waals surface area (Å²) in [4.78, 5) is 12.0. The van der Waals surface area contributed by atoms with Crippen LogP contribution in [0.2, 0.25) is 5.02 Å². The van der Waals surface area contributed by atoms with Crippen molar-refractivity contribution in [3.63, 3.8) is 0 Å². The fraction of sp³-hybridized carbons (Fsp3) is 0.562. The number of rotatable bonds is 5. The van der Waals surface area contributed by atoms with Crippen LogP contribution in [0.15, 0.2) is 24.3 Å². The summed E-state index contributed by atoms with van der Waals surface area (Å²) in [6.45, 7) is 4.17. The van der Waals surface area contributed by atoms with Crippen LogP contribution in [0.3, 0.4) is 0 Å². The second-order valence-corrected chi connectivity index (χ2v) is 6.01. The van der Waals surface area contributed by atoms with E-state index < -0.39 is 0 Å². The molecule has 0 saturated carbocycles. The Hall–Kier alpha value is -1.06. The SMILES string of the molecule is C[C@@H](NC(=O)CCC1CCNCC1)c1cccc(Cl)c1. The number of amides is 1. The van der Waals surface area contributed by atoms with Gasteiger partial charge in [0.1, 0.15) is 0 Å². The van der Waals surface area contributed by atoms with Gasteiger partial charge >= 0.3 is 0 Å². The van der Waals surface area contributed by atoms with Crippen LogP contribution in [0.25, 0.3) is 0 Å². The first-order valence-corrected chi connectivity index (χ1v) is 7.78. The normalized spacial score (nSPS) is 17.7. The zero-order valence-electron chi connectivity index (χ0n) is 12.0. The maximum Gasteiger partial charge on any atom is 0.220 e. The lowest BCUT2D eigenvalue weighted by atomic mass is 9.93. The predicted molar refractivity (Wildman–Crippen MR) is 82.8 cm³/mol. The highest BCUT2D eigenvalue weighted by Gasteiger charge is 2.15. The van der Waals surface area contributed by atoms with Gasteiger partial charge in [0.2, 0.25) is 5.91 Å². The zero-order valence-corrected chi connectivity index (χ0v) is 12.7. The first kappa shape index (κ1) is 15.3. The summed E-state index contributed by atoms with van der Waals surface area (Å²) in [7, 11) is 0. The summed E-state index contributed by atoms with van der Waals surface area (Å²) in [5, 5.41) is 7.10. The van der Waals surface area contributed by atoms with Crippen molar-refractivity contribution in [3.05, 3.63) is 34.9 Å². The average Bonchev–Trinajstić information content (AvgIpc) is 2.46. The topological polar surface area (TPSA) is 41.1 Å². The van der Waals surface area contributed by atoms with Crippen LogP contribution in [0, 0.1) is 5.92 Å². The van der Waals surface area contributed by atoms with Crippen molar-refractivity contribution in [1.82, 2.24) is 10.6 Å². The lowest BCUT2D eigenvalue weighted by Crippen LogP contribution is -2.30. The lowest BCUT2D eigenvalue weighted by Gasteiger charge is -2.22. The van der Waals surface area contributed by atoms with E-state index >= 15 is 0 Å².